The van der Waals surface area contributed by atoms with E-state index in [9.17, 15) is 10.0 Å². The van der Waals surface area contributed by atoms with Gasteiger partial charge in [-0.25, -0.2) is 4.68 Å². The standard InChI is InChI=1S/C11H12N5O3S/c1-20-11-8(10(13)17)9(12)15(14-11)6-2-4-7(5-3-6)16(18)19/h2-5,18H,12H2,1H3,(H2,13,17)/q-1. The van der Waals surface area contributed by atoms with E-state index in [1.165, 1.54) is 40.7 Å². The van der Waals surface area contributed by atoms with Crippen molar-refractivity contribution in [3.05, 3.63) is 35.0 Å². The normalized spacial score (nSPS) is 10.6. The second-order valence-corrected chi connectivity index (χ2v) is 4.63. The number of amides is 1. The van der Waals surface area contributed by atoms with E-state index in [-0.39, 0.29) is 22.3 Å². The van der Waals surface area contributed by atoms with Gasteiger partial charge in [-0.15, -0.1) is 11.8 Å². The molecule has 1 heterocycles. The number of nitrogens with zero attached hydrogens (tertiary/aromatic N) is 3. The average Bonchev–Trinajstić information content (AvgIpc) is 2.75. The fourth-order valence-electron chi connectivity index (χ4n) is 1.70. The smallest absolute Gasteiger partial charge is 0.255 e. The lowest BCUT2D eigenvalue weighted by atomic mass is 10.2. The molecule has 1 amide bonds. The van der Waals surface area contributed by atoms with Gasteiger partial charge in [0.1, 0.15) is 16.4 Å². The van der Waals surface area contributed by atoms with Crippen molar-refractivity contribution < 1.29 is 10.0 Å². The SMILES string of the molecule is CSc1nn(-c2ccc(N([O-])O)cc2)c(N)c1C(N)=O. The van der Waals surface area contributed by atoms with E-state index >= 15 is 0 Å². The van der Waals surface area contributed by atoms with Gasteiger partial charge in [0.05, 0.1) is 11.4 Å². The molecule has 8 nitrogen and oxygen atoms in total. The number of aromatic nitrogens is 2. The lowest BCUT2D eigenvalue weighted by Gasteiger charge is -2.21. The summed E-state index contributed by atoms with van der Waals surface area (Å²) in [6, 6.07) is 5.86. The Bertz CT molecular complexity index is 638. The zero-order chi connectivity index (χ0) is 14.9. The van der Waals surface area contributed by atoms with Gasteiger partial charge in [0, 0.05) is 0 Å². The predicted molar refractivity (Wildman–Crippen MR) is 75.9 cm³/mol. The molecule has 0 aliphatic carbocycles. The molecule has 0 bridgehead atoms. The molecule has 2 aromatic rings. The Hall–Kier alpha value is -2.23. The molecule has 5 N–H and O–H groups in total. The fourth-order valence-corrected chi connectivity index (χ4v) is 2.28. The summed E-state index contributed by atoms with van der Waals surface area (Å²) in [7, 11) is 0. The first-order valence-corrected chi connectivity index (χ1v) is 6.67. The number of rotatable bonds is 4. The maximum Gasteiger partial charge on any atom is 0.255 e. The zero-order valence-corrected chi connectivity index (χ0v) is 11.3. The van der Waals surface area contributed by atoms with Crippen molar-refractivity contribution in [2.45, 2.75) is 5.03 Å². The van der Waals surface area contributed by atoms with Crippen LogP contribution in [0, 0.1) is 5.21 Å². The minimum Gasteiger partial charge on any atom is -0.733 e. The highest BCUT2D eigenvalue weighted by atomic mass is 32.2. The number of carbonyl (C=O) groups excluding carboxylic acids is 1. The second-order valence-electron chi connectivity index (χ2n) is 3.83. The number of hydrogen-bond donors (Lipinski definition) is 3. The molecule has 9 heteroatoms. The molecule has 0 fully saturated rings. The number of primary amides is 1. The number of anilines is 2. The summed E-state index contributed by atoms with van der Waals surface area (Å²) in [5, 5.41) is 23.8. The van der Waals surface area contributed by atoms with Crippen LogP contribution in [-0.2, 0) is 0 Å². The number of nitrogens with two attached hydrogens (primary N) is 2. The van der Waals surface area contributed by atoms with Crippen molar-refractivity contribution in [3.63, 3.8) is 0 Å². The van der Waals surface area contributed by atoms with Crippen LogP contribution >= 0.6 is 11.8 Å². The van der Waals surface area contributed by atoms with E-state index in [2.05, 4.69) is 5.10 Å². The highest BCUT2D eigenvalue weighted by Gasteiger charge is 2.20. The number of thioether (sulfide) groups is 1. The molecule has 106 valence electrons. The first-order chi connectivity index (χ1) is 9.45. The third-order valence-corrected chi connectivity index (χ3v) is 3.32. The molecule has 2 rings (SSSR count). The van der Waals surface area contributed by atoms with Crippen LogP contribution in [0.1, 0.15) is 10.4 Å². The third-order valence-electron chi connectivity index (χ3n) is 2.64. The topological polar surface area (TPSA) is 133 Å². The molecule has 0 saturated carbocycles. The molecule has 0 aliphatic rings. The summed E-state index contributed by atoms with van der Waals surface area (Å²) < 4.78 is 1.35. The molecule has 0 atom stereocenters. The molecule has 1 aromatic heterocycles. The van der Waals surface area contributed by atoms with Crippen molar-refractivity contribution >= 4 is 29.2 Å². The van der Waals surface area contributed by atoms with Crippen LogP contribution in [0.4, 0.5) is 11.5 Å². The Balaban J connectivity index is 2.50. The first kappa shape index (κ1) is 14.2. The van der Waals surface area contributed by atoms with Gasteiger partial charge >= 0.3 is 0 Å². The molecule has 0 spiro atoms. The molecule has 20 heavy (non-hydrogen) atoms. The van der Waals surface area contributed by atoms with E-state index in [0.717, 1.165) is 0 Å². The minimum absolute atomic E-state index is 0.0692. The van der Waals surface area contributed by atoms with Gasteiger partial charge in [-0.1, -0.05) is 0 Å². The highest BCUT2D eigenvalue weighted by Crippen LogP contribution is 2.27. The first-order valence-electron chi connectivity index (χ1n) is 5.44. The number of benzene rings is 1. The minimum atomic E-state index is -0.657. The van der Waals surface area contributed by atoms with Crippen LogP contribution < -0.4 is 16.7 Å². The van der Waals surface area contributed by atoms with E-state index in [1.807, 2.05) is 0 Å². The largest absolute Gasteiger partial charge is 0.733 e. The molecule has 0 unspecified atom stereocenters. The molecule has 0 aliphatic heterocycles. The van der Waals surface area contributed by atoms with Gasteiger partial charge in [-0.05, 0) is 30.5 Å². The summed E-state index contributed by atoms with van der Waals surface area (Å²) >= 11 is 1.25. The van der Waals surface area contributed by atoms with Gasteiger partial charge in [-0.3, -0.25) is 10.0 Å². The Morgan fingerprint density at radius 1 is 1.45 bits per heavy atom. The monoisotopic (exact) mass is 294 g/mol. The maximum atomic E-state index is 11.4. The molecular weight excluding hydrogens is 282 g/mol. The molecule has 0 saturated heterocycles. The predicted octanol–water partition coefficient (Wildman–Crippen LogP) is 0.969. The van der Waals surface area contributed by atoms with Gasteiger partial charge in [0.2, 0.25) is 0 Å². The van der Waals surface area contributed by atoms with Crippen LogP contribution in [-0.4, -0.2) is 27.2 Å². The second kappa shape index (κ2) is 5.41. The number of carbonyl (C=O) groups is 1. The lowest BCUT2D eigenvalue weighted by molar-refractivity contribution is 0.0998. The number of hydrogen-bond acceptors (Lipinski definition) is 7. The van der Waals surface area contributed by atoms with Gasteiger partial charge in [0.15, 0.2) is 0 Å². The van der Waals surface area contributed by atoms with Crippen LogP contribution in [0.2, 0.25) is 0 Å². The van der Waals surface area contributed by atoms with Crippen LogP contribution in [0.15, 0.2) is 29.3 Å². The van der Waals surface area contributed by atoms with Gasteiger partial charge < -0.3 is 21.9 Å². The van der Waals surface area contributed by atoms with Crippen molar-refractivity contribution in [1.29, 1.82) is 0 Å². The average molecular weight is 294 g/mol. The van der Waals surface area contributed by atoms with Crippen LogP contribution in [0.5, 0.6) is 0 Å². The fraction of sp³-hybridized carbons (Fsp3) is 0.0909. The molecule has 0 radical (unpaired) electrons. The van der Waals surface area contributed by atoms with Gasteiger partial charge in [-0.2, -0.15) is 5.10 Å². The van der Waals surface area contributed by atoms with E-state index < -0.39 is 5.91 Å². The van der Waals surface area contributed by atoms with Crippen molar-refractivity contribution in [2.24, 2.45) is 5.73 Å². The van der Waals surface area contributed by atoms with E-state index in [0.29, 0.717) is 10.7 Å². The lowest BCUT2D eigenvalue weighted by Crippen LogP contribution is -2.14. The van der Waals surface area contributed by atoms with Crippen molar-refractivity contribution in [2.75, 3.05) is 17.2 Å². The summed E-state index contributed by atoms with van der Waals surface area (Å²) in [6.07, 6.45) is 1.75. The van der Waals surface area contributed by atoms with Crippen LogP contribution in [0.3, 0.4) is 0 Å². The third kappa shape index (κ3) is 2.41. The Morgan fingerprint density at radius 2 is 2.05 bits per heavy atom. The molecular formula is C11H12N5O3S-. The van der Waals surface area contributed by atoms with Gasteiger partial charge in [0.25, 0.3) is 5.91 Å². The Kier molecular flexibility index (Phi) is 3.84. The van der Waals surface area contributed by atoms with Crippen molar-refractivity contribution in [1.82, 2.24) is 9.78 Å². The molecule has 1 aromatic carbocycles. The van der Waals surface area contributed by atoms with Crippen molar-refractivity contribution in [3.8, 4) is 5.69 Å². The zero-order valence-electron chi connectivity index (χ0n) is 10.5. The highest BCUT2D eigenvalue weighted by molar-refractivity contribution is 7.98. The van der Waals surface area contributed by atoms with Crippen LogP contribution in [0.25, 0.3) is 5.69 Å². The quantitative estimate of drug-likeness (QED) is 0.565. The summed E-state index contributed by atoms with van der Waals surface area (Å²) in [6.45, 7) is 0. The van der Waals surface area contributed by atoms with E-state index in [1.54, 1.807) is 6.26 Å². The Labute approximate surface area is 118 Å². The van der Waals surface area contributed by atoms with E-state index in [4.69, 9.17) is 16.7 Å². The summed E-state index contributed by atoms with van der Waals surface area (Å²) in [5.41, 5.74) is 11.9. The maximum absolute atomic E-state index is 11.4. The number of nitrogen functional groups attached to an aromatic ring is 1. The summed E-state index contributed by atoms with van der Waals surface area (Å²) in [4.78, 5) is 11.4. The Morgan fingerprint density at radius 3 is 2.45 bits per heavy atom. The summed E-state index contributed by atoms with van der Waals surface area (Å²) in [5.74, 6) is -0.534.